The lowest BCUT2D eigenvalue weighted by molar-refractivity contribution is 0.669. The molecule has 50 heavy (non-hydrogen) atoms. The van der Waals surface area contributed by atoms with E-state index >= 15 is 0 Å². The highest BCUT2D eigenvalue weighted by Gasteiger charge is 2.18. The molecule has 7 aromatic carbocycles. The Balaban J connectivity index is 1.16. The van der Waals surface area contributed by atoms with Crippen molar-refractivity contribution in [1.82, 2.24) is 15.0 Å². The number of aromatic nitrogens is 3. The van der Waals surface area contributed by atoms with E-state index < -0.39 is 0 Å². The van der Waals surface area contributed by atoms with Crippen LogP contribution in [0.2, 0.25) is 0 Å². The van der Waals surface area contributed by atoms with Crippen LogP contribution >= 0.6 is 11.3 Å². The van der Waals surface area contributed by atoms with Crippen LogP contribution in [0.15, 0.2) is 168 Å². The Morgan fingerprint density at radius 1 is 0.360 bits per heavy atom. The number of furan rings is 1. The molecule has 234 valence electrons. The Hall–Kier alpha value is -6.43. The van der Waals surface area contributed by atoms with Gasteiger partial charge in [0.05, 0.1) is 5.56 Å². The number of thiophene rings is 1. The number of benzene rings is 7. The highest BCUT2D eigenvalue weighted by atomic mass is 32.1. The van der Waals surface area contributed by atoms with E-state index in [1.807, 2.05) is 36.4 Å². The summed E-state index contributed by atoms with van der Waals surface area (Å²) in [6, 6.07) is 56.9. The molecule has 3 heterocycles. The van der Waals surface area contributed by atoms with Crippen molar-refractivity contribution < 1.29 is 4.42 Å². The Morgan fingerprint density at radius 3 is 1.62 bits per heavy atom. The third-order valence-corrected chi connectivity index (χ3v) is 10.5. The summed E-state index contributed by atoms with van der Waals surface area (Å²) in [5.74, 6) is 1.80. The van der Waals surface area contributed by atoms with Crippen LogP contribution in [0.1, 0.15) is 0 Å². The number of fused-ring (bicyclic) bond motifs is 6. The van der Waals surface area contributed by atoms with E-state index in [-0.39, 0.29) is 0 Å². The molecular formula is C45H27N3OS. The van der Waals surface area contributed by atoms with Gasteiger partial charge in [0.2, 0.25) is 0 Å². The van der Waals surface area contributed by atoms with Crippen molar-refractivity contribution in [3.05, 3.63) is 164 Å². The second-order valence-electron chi connectivity index (χ2n) is 12.4. The second kappa shape index (κ2) is 11.6. The van der Waals surface area contributed by atoms with Crippen LogP contribution in [0.25, 0.3) is 98.5 Å². The number of hydrogen-bond donors (Lipinski definition) is 0. The molecule has 0 saturated heterocycles. The van der Waals surface area contributed by atoms with Gasteiger partial charge in [0, 0.05) is 42.1 Å². The maximum Gasteiger partial charge on any atom is 0.167 e. The molecule has 0 aliphatic rings. The highest BCUT2D eigenvalue weighted by molar-refractivity contribution is 7.25. The average molecular weight is 658 g/mol. The van der Waals surface area contributed by atoms with E-state index in [1.165, 1.54) is 31.3 Å². The SMILES string of the molecule is c1ccc(-c2cccc(-c3nc(-c4ccc5c(c4)sc4cc(-c6ccccc6)ccc45)nc(-c4cccc5c4oc4ccccc45)n3)c2)cc1. The number of rotatable bonds is 5. The third-order valence-electron chi connectivity index (χ3n) is 9.35. The zero-order valence-electron chi connectivity index (χ0n) is 26.7. The summed E-state index contributed by atoms with van der Waals surface area (Å²) in [5.41, 5.74) is 8.98. The molecular weight excluding hydrogens is 631 g/mol. The maximum absolute atomic E-state index is 6.44. The minimum absolute atomic E-state index is 0.573. The van der Waals surface area contributed by atoms with Crippen molar-refractivity contribution >= 4 is 53.4 Å². The first-order valence-electron chi connectivity index (χ1n) is 16.6. The fraction of sp³-hybridized carbons (Fsp3) is 0. The van der Waals surface area contributed by atoms with Gasteiger partial charge in [-0.3, -0.25) is 0 Å². The highest BCUT2D eigenvalue weighted by Crippen LogP contribution is 2.39. The van der Waals surface area contributed by atoms with Crippen LogP contribution < -0.4 is 0 Å². The summed E-state index contributed by atoms with van der Waals surface area (Å²) in [5, 5.41) is 4.59. The van der Waals surface area contributed by atoms with Gasteiger partial charge in [-0.25, -0.2) is 15.0 Å². The molecule has 5 heteroatoms. The van der Waals surface area contributed by atoms with Crippen LogP contribution in [-0.2, 0) is 0 Å². The minimum atomic E-state index is 0.573. The summed E-state index contributed by atoms with van der Waals surface area (Å²) in [6.45, 7) is 0. The average Bonchev–Trinajstić information content (AvgIpc) is 3.76. The van der Waals surface area contributed by atoms with E-state index in [2.05, 4.69) is 127 Å². The van der Waals surface area contributed by atoms with Gasteiger partial charge in [0.15, 0.2) is 17.5 Å². The van der Waals surface area contributed by atoms with Crippen LogP contribution in [0.3, 0.4) is 0 Å². The first-order chi connectivity index (χ1) is 24.7. The van der Waals surface area contributed by atoms with E-state index in [4.69, 9.17) is 19.4 Å². The minimum Gasteiger partial charge on any atom is -0.455 e. The third kappa shape index (κ3) is 4.87. The summed E-state index contributed by atoms with van der Waals surface area (Å²) in [4.78, 5) is 15.4. The predicted octanol–water partition coefficient (Wildman–Crippen LogP) is 12.5. The molecule has 0 spiro atoms. The van der Waals surface area contributed by atoms with Gasteiger partial charge in [-0.15, -0.1) is 11.3 Å². The monoisotopic (exact) mass is 657 g/mol. The molecule has 0 atom stereocenters. The summed E-state index contributed by atoms with van der Waals surface area (Å²) in [6.07, 6.45) is 0. The van der Waals surface area contributed by atoms with Gasteiger partial charge in [0.1, 0.15) is 11.2 Å². The van der Waals surface area contributed by atoms with Crippen molar-refractivity contribution in [3.63, 3.8) is 0 Å². The van der Waals surface area contributed by atoms with Crippen molar-refractivity contribution in [2.45, 2.75) is 0 Å². The normalized spacial score (nSPS) is 11.6. The van der Waals surface area contributed by atoms with Crippen molar-refractivity contribution in [3.8, 4) is 56.4 Å². The molecule has 0 unspecified atom stereocenters. The molecule has 4 nitrogen and oxygen atoms in total. The first-order valence-corrected chi connectivity index (χ1v) is 17.4. The van der Waals surface area contributed by atoms with Crippen LogP contribution in [0.5, 0.6) is 0 Å². The second-order valence-corrected chi connectivity index (χ2v) is 13.5. The predicted molar refractivity (Wildman–Crippen MR) is 207 cm³/mol. The standard InChI is InChI=1S/C45H27N3OS/c1-3-11-28(12-4-1)30-15-9-16-32(25-30)43-46-44(48-45(47-43)38-19-10-18-37-34-17-7-8-20-39(34)49-42(37)38)33-22-24-36-35-23-21-31(29-13-5-2-6-14-29)26-40(35)50-41(36)27-33/h1-27H. The van der Waals surface area contributed by atoms with Crippen LogP contribution in [0, 0.1) is 0 Å². The smallest absolute Gasteiger partial charge is 0.167 e. The summed E-state index contributed by atoms with van der Waals surface area (Å²) >= 11 is 1.80. The van der Waals surface area contributed by atoms with Gasteiger partial charge in [0.25, 0.3) is 0 Å². The molecule has 0 aliphatic heterocycles. The van der Waals surface area contributed by atoms with Gasteiger partial charge >= 0.3 is 0 Å². The van der Waals surface area contributed by atoms with Gasteiger partial charge < -0.3 is 4.42 Å². The van der Waals surface area contributed by atoms with E-state index in [1.54, 1.807) is 11.3 Å². The zero-order valence-corrected chi connectivity index (χ0v) is 27.6. The number of hydrogen-bond acceptors (Lipinski definition) is 5. The van der Waals surface area contributed by atoms with Crippen molar-refractivity contribution in [1.29, 1.82) is 0 Å². The van der Waals surface area contributed by atoms with E-state index in [0.29, 0.717) is 17.5 Å². The Labute approximate surface area is 292 Å². The number of nitrogens with zero attached hydrogens (tertiary/aromatic N) is 3. The molecule has 0 amide bonds. The molecule has 0 saturated carbocycles. The van der Waals surface area contributed by atoms with Crippen LogP contribution in [-0.4, -0.2) is 15.0 Å². The Morgan fingerprint density at radius 2 is 0.880 bits per heavy atom. The van der Waals surface area contributed by atoms with Crippen molar-refractivity contribution in [2.75, 3.05) is 0 Å². The Bertz CT molecular complexity index is 2870. The fourth-order valence-corrected chi connectivity index (χ4v) is 8.06. The lowest BCUT2D eigenvalue weighted by atomic mass is 10.0. The van der Waals surface area contributed by atoms with Gasteiger partial charge in [-0.2, -0.15) is 0 Å². The quantitative estimate of drug-likeness (QED) is 0.185. The lowest BCUT2D eigenvalue weighted by Gasteiger charge is -2.10. The first kappa shape index (κ1) is 28.6. The largest absolute Gasteiger partial charge is 0.455 e. The fourth-order valence-electron chi connectivity index (χ4n) is 6.87. The molecule has 0 N–H and O–H groups in total. The van der Waals surface area contributed by atoms with Crippen LogP contribution in [0.4, 0.5) is 0 Å². The molecule has 0 aliphatic carbocycles. The molecule has 0 radical (unpaired) electrons. The lowest BCUT2D eigenvalue weighted by Crippen LogP contribution is -2.00. The van der Waals surface area contributed by atoms with Gasteiger partial charge in [-0.05, 0) is 52.6 Å². The Kier molecular flexibility index (Phi) is 6.64. The topological polar surface area (TPSA) is 51.8 Å². The van der Waals surface area contributed by atoms with E-state index in [9.17, 15) is 0 Å². The molecule has 10 aromatic rings. The molecule has 10 rings (SSSR count). The molecule has 0 fully saturated rings. The maximum atomic E-state index is 6.44. The zero-order chi connectivity index (χ0) is 33.0. The van der Waals surface area contributed by atoms with Gasteiger partial charge in [-0.1, -0.05) is 133 Å². The van der Waals surface area contributed by atoms with E-state index in [0.717, 1.165) is 49.8 Å². The summed E-state index contributed by atoms with van der Waals surface area (Å²) in [7, 11) is 0. The van der Waals surface area contributed by atoms with Crippen molar-refractivity contribution in [2.24, 2.45) is 0 Å². The molecule has 0 bridgehead atoms. The number of para-hydroxylation sites is 2. The molecule has 3 aromatic heterocycles. The summed E-state index contributed by atoms with van der Waals surface area (Å²) < 4.78 is 8.89.